The van der Waals surface area contributed by atoms with Gasteiger partial charge in [0.1, 0.15) is 15.0 Å². The fourth-order valence-electron chi connectivity index (χ4n) is 2.12. The summed E-state index contributed by atoms with van der Waals surface area (Å²) >= 11 is 0.390. The molecule has 0 aliphatic rings. The molecule has 0 saturated carbocycles. The molecule has 0 aromatic heterocycles. The third kappa shape index (κ3) is 3.99. The van der Waals surface area contributed by atoms with Gasteiger partial charge in [-0.25, -0.2) is 26.0 Å². The van der Waals surface area contributed by atoms with Gasteiger partial charge in [0, 0.05) is 4.90 Å². The van der Waals surface area contributed by atoms with Gasteiger partial charge in [0.15, 0.2) is 23.3 Å². The van der Waals surface area contributed by atoms with Crippen molar-refractivity contribution in [1.82, 2.24) is 0 Å². The van der Waals surface area contributed by atoms with E-state index in [9.17, 15) is 30.5 Å². The van der Waals surface area contributed by atoms with Gasteiger partial charge in [-0.05, 0) is 30.0 Å². The lowest BCUT2D eigenvalue weighted by molar-refractivity contribution is 0.381. The largest absolute Gasteiger partial charge is 0.744 e. The fraction of sp³-hybridized carbons (Fsp3) is 0.250. The van der Waals surface area contributed by atoms with Crippen molar-refractivity contribution in [1.29, 1.82) is 0 Å². The molecule has 0 saturated heterocycles. The summed E-state index contributed by atoms with van der Waals surface area (Å²) in [7, 11) is -5.71. The Balaban J connectivity index is 2.48. The summed E-state index contributed by atoms with van der Waals surface area (Å²) < 4.78 is 87.8. The minimum atomic E-state index is -5.71. The van der Waals surface area contributed by atoms with Crippen molar-refractivity contribution < 1.29 is 30.5 Å². The van der Waals surface area contributed by atoms with E-state index in [0.717, 1.165) is 12.0 Å². The Bertz CT molecular complexity index is 868. The molecule has 2 aromatic carbocycles. The van der Waals surface area contributed by atoms with E-state index >= 15 is 0 Å². The second-order valence-electron chi connectivity index (χ2n) is 5.35. The van der Waals surface area contributed by atoms with Crippen LogP contribution in [0.2, 0.25) is 0 Å². The SMILES string of the molecule is CCC(C)c1ccc(Sc2c(F)c(F)c(S(=O)(=O)[O-])c(F)c2F)cc1. The molecule has 3 nitrogen and oxygen atoms in total. The molecule has 0 bridgehead atoms. The van der Waals surface area contributed by atoms with Gasteiger partial charge in [-0.1, -0.05) is 37.7 Å². The van der Waals surface area contributed by atoms with Crippen molar-refractivity contribution in [3.63, 3.8) is 0 Å². The third-order valence-electron chi connectivity index (χ3n) is 3.71. The number of halogens is 4. The minimum Gasteiger partial charge on any atom is -0.744 e. The molecule has 1 atom stereocenters. The zero-order valence-electron chi connectivity index (χ0n) is 13.1. The van der Waals surface area contributed by atoms with Crippen molar-refractivity contribution in [2.45, 2.75) is 40.9 Å². The van der Waals surface area contributed by atoms with E-state index in [4.69, 9.17) is 0 Å². The summed E-state index contributed by atoms with van der Waals surface area (Å²) in [5.74, 6) is -8.04. The lowest BCUT2D eigenvalue weighted by Gasteiger charge is -2.14. The lowest BCUT2D eigenvalue weighted by atomic mass is 9.99. The molecule has 0 heterocycles. The maximum absolute atomic E-state index is 14.0. The molecule has 0 N–H and O–H groups in total. The van der Waals surface area contributed by atoms with Crippen LogP contribution in [0.4, 0.5) is 17.6 Å². The first-order valence-electron chi connectivity index (χ1n) is 7.17. The highest BCUT2D eigenvalue weighted by atomic mass is 32.2. The van der Waals surface area contributed by atoms with Gasteiger partial charge in [0.25, 0.3) is 0 Å². The van der Waals surface area contributed by atoms with Crippen LogP contribution in [-0.4, -0.2) is 13.0 Å². The Labute approximate surface area is 146 Å². The molecule has 0 radical (unpaired) electrons. The molecule has 0 aliphatic carbocycles. The van der Waals surface area contributed by atoms with Crippen molar-refractivity contribution in [3.05, 3.63) is 53.1 Å². The normalized spacial score (nSPS) is 13.1. The van der Waals surface area contributed by atoms with Gasteiger partial charge >= 0.3 is 0 Å². The average Bonchev–Trinajstić information content (AvgIpc) is 2.55. The lowest BCUT2D eigenvalue weighted by Crippen LogP contribution is -2.11. The van der Waals surface area contributed by atoms with Gasteiger partial charge in [0.2, 0.25) is 0 Å². The molecular formula is C16H13F4O3S2-. The molecule has 0 aliphatic heterocycles. The topological polar surface area (TPSA) is 57.2 Å². The van der Waals surface area contributed by atoms with Gasteiger partial charge in [0.05, 0.1) is 4.90 Å². The Kier molecular flexibility index (Phi) is 5.80. The van der Waals surface area contributed by atoms with E-state index in [1.807, 2.05) is 13.8 Å². The molecular weight excluding hydrogens is 380 g/mol. The fourth-order valence-corrected chi connectivity index (χ4v) is 3.60. The average molecular weight is 393 g/mol. The van der Waals surface area contributed by atoms with E-state index in [2.05, 4.69) is 0 Å². The predicted octanol–water partition coefficient (Wildman–Crippen LogP) is 4.81. The Morgan fingerprint density at radius 1 is 1.00 bits per heavy atom. The smallest absolute Gasteiger partial charge is 0.180 e. The van der Waals surface area contributed by atoms with Crippen LogP contribution < -0.4 is 0 Å². The maximum Gasteiger partial charge on any atom is 0.180 e. The second-order valence-corrected chi connectivity index (χ2v) is 7.75. The van der Waals surface area contributed by atoms with E-state index in [1.165, 1.54) is 12.1 Å². The van der Waals surface area contributed by atoms with E-state index < -0.39 is 43.2 Å². The molecule has 136 valence electrons. The summed E-state index contributed by atoms with van der Waals surface area (Å²) in [5, 5.41) is 0. The van der Waals surface area contributed by atoms with Crippen LogP contribution in [0.15, 0.2) is 39.0 Å². The Morgan fingerprint density at radius 2 is 1.48 bits per heavy atom. The first kappa shape index (κ1) is 19.7. The number of benzene rings is 2. The molecule has 2 rings (SSSR count). The number of rotatable bonds is 5. The highest BCUT2D eigenvalue weighted by Crippen LogP contribution is 2.37. The first-order valence-corrected chi connectivity index (χ1v) is 9.40. The minimum absolute atomic E-state index is 0.268. The molecule has 25 heavy (non-hydrogen) atoms. The molecule has 0 amide bonds. The van der Waals surface area contributed by atoms with Gasteiger partial charge in [-0.2, -0.15) is 0 Å². The van der Waals surface area contributed by atoms with Crippen LogP contribution in [0.1, 0.15) is 31.7 Å². The summed E-state index contributed by atoms with van der Waals surface area (Å²) in [5.41, 5.74) is 0.984. The van der Waals surface area contributed by atoms with Crippen LogP contribution in [0, 0.1) is 23.3 Å². The van der Waals surface area contributed by atoms with Crippen LogP contribution in [-0.2, 0) is 10.1 Å². The van der Waals surface area contributed by atoms with Crippen LogP contribution in [0.5, 0.6) is 0 Å². The standard InChI is InChI=1S/C16H14F4O3S2/c1-3-8(2)9-4-6-10(7-5-9)24-15-11(17)13(19)16(25(21,22)23)14(20)12(15)18/h4-8H,3H2,1-2H3,(H,21,22,23)/p-1. The highest BCUT2D eigenvalue weighted by Gasteiger charge is 2.29. The predicted molar refractivity (Wildman–Crippen MR) is 83.5 cm³/mol. The summed E-state index contributed by atoms with van der Waals surface area (Å²) in [4.78, 5) is -2.92. The van der Waals surface area contributed by atoms with Crippen molar-refractivity contribution in [2.24, 2.45) is 0 Å². The zero-order chi connectivity index (χ0) is 18.9. The van der Waals surface area contributed by atoms with Crippen molar-refractivity contribution in [3.8, 4) is 0 Å². The number of hydrogen-bond acceptors (Lipinski definition) is 4. The second kappa shape index (κ2) is 7.35. The van der Waals surface area contributed by atoms with E-state index in [-0.39, 0.29) is 5.92 Å². The van der Waals surface area contributed by atoms with Gasteiger partial charge < -0.3 is 4.55 Å². The quantitative estimate of drug-likeness (QED) is 0.416. The maximum atomic E-state index is 14.0. The summed E-state index contributed by atoms with van der Waals surface area (Å²) in [6.07, 6.45) is 0.886. The Morgan fingerprint density at radius 3 is 1.88 bits per heavy atom. The van der Waals surface area contributed by atoms with Crippen LogP contribution in [0.3, 0.4) is 0 Å². The third-order valence-corrected chi connectivity index (χ3v) is 5.64. The van der Waals surface area contributed by atoms with Gasteiger partial charge in [-0.15, -0.1) is 0 Å². The Hall–Kier alpha value is -1.58. The zero-order valence-corrected chi connectivity index (χ0v) is 14.8. The molecule has 1 unspecified atom stereocenters. The van der Waals surface area contributed by atoms with Crippen molar-refractivity contribution >= 4 is 21.9 Å². The first-order chi connectivity index (χ1) is 11.6. The number of hydrogen-bond donors (Lipinski definition) is 0. The summed E-state index contributed by atoms with van der Waals surface area (Å²) in [6, 6.07) is 6.49. The molecule has 0 spiro atoms. The highest BCUT2D eigenvalue weighted by molar-refractivity contribution is 7.99. The van der Waals surface area contributed by atoms with Gasteiger partial charge in [-0.3, -0.25) is 0 Å². The van der Waals surface area contributed by atoms with Crippen LogP contribution in [0.25, 0.3) is 0 Å². The van der Waals surface area contributed by atoms with E-state index in [0.29, 0.717) is 16.7 Å². The molecule has 2 aromatic rings. The molecule has 0 fully saturated rings. The van der Waals surface area contributed by atoms with Crippen LogP contribution >= 0.6 is 11.8 Å². The van der Waals surface area contributed by atoms with E-state index in [1.54, 1.807) is 12.1 Å². The monoisotopic (exact) mass is 393 g/mol. The van der Waals surface area contributed by atoms with Crippen molar-refractivity contribution in [2.75, 3.05) is 0 Å². The molecule has 9 heteroatoms. The summed E-state index contributed by atoms with van der Waals surface area (Å²) in [6.45, 7) is 3.99.